The topological polar surface area (TPSA) is 186 Å². The number of fused-ring (bicyclic) bond motifs is 1. The van der Waals surface area contributed by atoms with E-state index in [9.17, 15) is 24.0 Å². The largest absolute Gasteiger partial charge is 0.506 e. The Morgan fingerprint density at radius 1 is 0.816 bits per heavy atom. The Morgan fingerprint density at radius 2 is 1.31 bits per heavy atom. The molecule has 14 nitrogen and oxygen atoms in total. The number of pyridine rings is 2. The molecule has 2 saturated heterocycles. The van der Waals surface area contributed by atoms with Crippen molar-refractivity contribution in [2.45, 2.75) is 97.4 Å². The van der Waals surface area contributed by atoms with Crippen molar-refractivity contribution in [1.29, 1.82) is 0 Å². The number of carbonyl (C=O) groups excluding carboxylic acids is 5. The maximum absolute atomic E-state index is 12.3. The van der Waals surface area contributed by atoms with E-state index in [1.807, 2.05) is 41.5 Å². The van der Waals surface area contributed by atoms with Gasteiger partial charge in [0.05, 0.1) is 6.42 Å². The van der Waals surface area contributed by atoms with Crippen molar-refractivity contribution in [2.75, 3.05) is 33.3 Å². The van der Waals surface area contributed by atoms with Crippen molar-refractivity contribution >= 4 is 29.5 Å². The lowest BCUT2D eigenvalue weighted by molar-refractivity contribution is -0.121. The van der Waals surface area contributed by atoms with Gasteiger partial charge in [0.15, 0.2) is 11.6 Å². The molecule has 2 aromatic heterocycles. The molecular weight excluding hydrogens is 636 g/mol. The van der Waals surface area contributed by atoms with Crippen LogP contribution in [0.15, 0.2) is 36.7 Å². The van der Waals surface area contributed by atoms with Gasteiger partial charge in [-0.1, -0.05) is 0 Å². The minimum Gasteiger partial charge on any atom is -0.506 e. The number of piperidine rings is 2. The Labute approximate surface area is 287 Å². The zero-order chi connectivity index (χ0) is 37.0. The number of hydrogen-bond donors (Lipinski definition) is 2. The van der Waals surface area contributed by atoms with Crippen LogP contribution in [0.5, 0.6) is 11.5 Å². The van der Waals surface area contributed by atoms with Gasteiger partial charge in [-0.25, -0.2) is 19.6 Å². The van der Waals surface area contributed by atoms with Gasteiger partial charge >= 0.3 is 12.2 Å². The third-order valence-corrected chi connectivity index (χ3v) is 7.26. The third-order valence-electron chi connectivity index (χ3n) is 7.26. The summed E-state index contributed by atoms with van der Waals surface area (Å²) < 4.78 is 16.7. The lowest BCUT2D eigenvalue weighted by atomic mass is 9.83. The van der Waals surface area contributed by atoms with Crippen LogP contribution < -0.4 is 4.74 Å². The number of ketones is 3. The lowest BCUT2D eigenvalue weighted by Crippen LogP contribution is -2.53. The molecule has 0 unspecified atom stereocenters. The van der Waals surface area contributed by atoms with Gasteiger partial charge in [0, 0.05) is 78.3 Å². The van der Waals surface area contributed by atoms with E-state index in [4.69, 9.17) is 24.4 Å². The van der Waals surface area contributed by atoms with Crippen LogP contribution >= 0.6 is 0 Å². The van der Waals surface area contributed by atoms with E-state index >= 15 is 0 Å². The van der Waals surface area contributed by atoms with Crippen LogP contribution in [0.2, 0.25) is 0 Å². The zero-order valence-electron chi connectivity index (χ0n) is 29.8. The summed E-state index contributed by atoms with van der Waals surface area (Å²) >= 11 is 0. The highest BCUT2D eigenvalue weighted by Crippen LogP contribution is 2.38. The minimum absolute atomic E-state index is 0.0116. The number of likely N-dealkylation sites (tertiary alicyclic amines) is 2. The summed E-state index contributed by atoms with van der Waals surface area (Å²) in [6.07, 6.45) is 4.91. The number of carbonyl (C=O) groups is 5. The van der Waals surface area contributed by atoms with Gasteiger partial charge < -0.3 is 34.2 Å². The average molecular weight is 687 g/mol. The van der Waals surface area contributed by atoms with Gasteiger partial charge in [0.25, 0.3) is 0 Å². The number of aromatic nitrogens is 2. The fourth-order valence-electron chi connectivity index (χ4n) is 4.96. The van der Waals surface area contributed by atoms with Gasteiger partial charge in [-0.05, 0) is 65.8 Å². The highest BCUT2D eigenvalue weighted by atomic mass is 16.6. The molecule has 5 rings (SSSR count). The molecule has 5 heterocycles. The number of aromatic hydroxyl groups is 1. The number of nitrogens with zero attached hydrogens (tertiary/aromatic N) is 4. The zero-order valence-corrected chi connectivity index (χ0v) is 29.8. The molecule has 1 spiro atoms. The molecule has 0 saturated carbocycles. The maximum atomic E-state index is 12.3. The van der Waals surface area contributed by atoms with Crippen molar-refractivity contribution < 1.29 is 48.4 Å². The molecule has 49 heavy (non-hydrogen) atoms. The molecule has 0 atom stereocenters. The Balaban J connectivity index is 0.000000273. The van der Waals surface area contributed by atoms with Gasteiger partial charge in [0.1, 0.15) is 45.5 Å². The summed E-state index contributed by atoms with van der Waals surface area (Å²) in [5.74, 6) is 0.505. The third kappa shape index (κ3) is 13.1. The number of aliphatic hydroxyl groups excluding tert-OH is 1. The van der Waals surface area contributed by atoms with Crippen LogP contribution in [-0.2, 0) is 14.3 Å². The number of Topliss-reactive ketones (excluding diaryl/α,β-unsaturated/α-hetero) is 3. The molecule has 0 radical (unpaired) electrons. The standard InChI is InChI=1S/C17H22N2O4.C10H17NO3.C7H7NO2.CH4O/c1-16(2,3)23-15(21)19-9-6-17(7-10-19)11-12(20)14-13(22-17)5-4-8-18-14;1-10(2,3)14-9(13)11-6-4-8(12)5-7-11;1-5(9)7-6(10)3-2-4-8-7;1-2/h4-5,8H,6-7,9-11H2,1-3H3;4-7H2,1-3H3;2-4,10H,1H3;2H,1H3. The molecule has 2 fully saturated rings. The molecule has 0 aliphatic carbocycles. The second kappa shape index (κ2) is 17.7. The Bertz CT molecular complexity index is 1450. The van der Waals surface area contributed by atoms with Crippen LogP contribution in [0.4, 0.5) is 9.59 Å². The minimum atomic E-state index is -0.522. The van der Waals surface area contributed by atoms with E-state index in [1.54, 1.807) is 34.2 Å². The first-order chi connectivity index (χ1) is 22.9. The highest BCUT2D eigenvalue weighted by Gasteiger charge is 2.44. The van der Waals surface area contributed by atoms with E-state index in [0.717, 1.165) is 7.11 Å². The fraction of sp³-hybridized carbons (Fsp3) is 0.571. The van der Waals surface area contributed by atoms with E-state index in [-0.39, 0.29) is 41.0 Å². The molecule has 14 heteroatoms. The van der Waals surface area contributed by atoms with Crippen molar-refractivity contribution in [3.63, 3.8) is 0 Å². The average Bonchev–Trinajstić information content (AvgIpc) is 3.02. The molecule has 3 aliphatic heterocycles. The van der Waals surface area contributed by atoms with Crippen molar-refractivity contribution in [2.24, 2.45) is 0 Å². The monoisotopic (exact) mass is 686 g/mol. The summed E-state index contributed by atoms with van der Waals surface area (Å²) in [7, 11) is 1.00. The maximum Gasteiger partial charge on any atom is 0.410 e. The lowest BCUT2D eigenvalue weighted by Gasteiger charge is -2.43. The summed E-state index contributed by atoms with van der Waals surface area (Å²) in [5, 5.41) is 16.0. The first kappa shape index (κ1) is 40.6. The highest BCUT2D eigenvalue weighted by molar-refractivity contribution is 5.98. The summed E-state index contributed by atoms with van der Waals surface area (Å²) in [4.78, 5) is 68.6. The van der Waals surface area contributed by atoms with Gasteiger partial charge in [-0.15, -0.1) is 0 Å². The fourth-order valence-corrected chi connectivity index (χ4v) is 4.96. The smallest absolute Gasteiger partial charge is 0.410 e. The SMILES string of the molecule is CC(=O)c1ncccc1O.CC(C)(C)OC(=O)N1CCC(=O)CC1.CC(C)(C)OC(=O)N1CCC2(CC1)CC(=O)c1ncccc1O2.CO. The molecule has 0 aromatic carbocycles. The Hall–Kier alpha value is -4.59. The van der Waals surface area contributed by atoms with Crippen LogP contribution in [0, 0.1) is 0 Å². The van der Waals surface area contributed by atoms with Crippen molar-refractivity contribution in [3.05, 3.63) is 48.0 Å². The second-order valence-corrected chi connectivity index (χ2v) is 13.6. The van der Waals surface area contributed by atoms with Gasteiger partial charge in [-0.3, -0.25) is 14.4 Å². The van der Waals surface area contributed by atoms with E-state index in [0.29, 0.717) is 69.7 Å². The second-order valence-electron chi connectivity index (χ2n) is 13.6. The van der Waals surface area contributed by atoms with E-state index < -0.39 is 16.8 Å². The molecule has 2 aromatic rings. The van der Waals surface area contributed by atoms with Crippen LogP contribution in [0.1, 0.15) is 102 Å². The predicted molar refractivity (Wildman–Crippen MR) is 180 cm³/mol. The number of rotatable bonds is 1. The van der Waals surface area contributed by atoms with Crippen LogP contribution in [-0.4, -0.2) is 110 Å². The summed E-state index contributed by atoms with van der Waals surface area (Å²) in [6, 6.07) is 6.55. The van der Waals surface area contributed by atoms with Crippen molar-refractivity contribution in [3.8, 4) is 11.5 Å². The number of aliphatic hydroxyl groups is 1. The molecule has 270 valence electrons. The van der Waals surface area contributed by atoms with E-state index in [1.165, 1.54) is 19.2 Å². The number of ether oxygens (including phenoxy) is 3. The van der Waals surface area contributed by atoms with Crippen LogP contribution in [0.25, 0.3) is 0 Å². The van der Waals surface area contributed by atoms with Crippen molar-refractivity contribution in [1.82, 2.24) is 19.8 Å². The summed E-state index contributed by atoms with van der Waals surface area (Å²) in [6.45, 7) is 14.5. The van der Waals surface area contributed by atoms with Gasteiger partial charge in [0.2, 0.25) is 0 Å². The first-order valence-corrected chi connectivity index (χ1v) is 16.1. The molecule has 2 N–H and O–H groups in total. The Morgan fingerprint density at radius 3 is 1.78 bits per heavy atom. The number of hydrogen-bond acceptors (Lipinski definition) is 12. The normalized spacial score (nSPS) is 16.6. The predicted octanol–water partition coefficient (Wildman–Crippen LogP) is 5.00. The van der Waals surface area contributed by atoms with Gasteiger partial charge in [-0.2, -0.15) is 0 Å². The summed E-state index contributed by atoms with van der Waals surface area (Å²) in [5.41, 5.74) is -0.951. The number of amides is 2. The molecule has 2 amide bonds. The first-order valence-electron chi connectivity index (χ1n) is 16.1. The Kier molecular flexibility index (Phi) is 14.7. The quantitative estimate of drug-likeness (QED) is 0.383. The van der Waals surface area contributed by atoms with E-state index in [2.05, 4.69) is 9.97 Å². The molecule has 0 bridgehead atoms. The molecular formula is C35H50N4O10. The molecule has 3 aliphatic rings. The van der Waals surface area contributed by atoms with Crippen LogP contribution in [0.3, 0.4) is 0 Å².